The molecule has 1 N–H and O–H groups in total. The molecule has 1 aliphatic carbocycles. The Morgan fingerprint density at radius 3 is 2.39 bits per heavy atom. The van der Waals surface area contributed by atoms with E-state index in [1.54, 1.807) is 27.5 Å². The van der Waals surface area contributed by atoms with Gasteiger partial charge in [0.25, 0.3) is 0 Å². The molecule has 0 unspecified atom stereocenters. The Bertz CT molecular complexity index is 1100. The van der Waals surface area contributed by atoms with Gasteiger partial charge in [-0.1, -0.05) is 12.1 Å². The molecule has 0 fully saturated rings. The summed E-state index contributed by atoms with van der Waals surface area (Å²) >= 11 is 0. The number of hydrogen-bond acceptors (Lipinski definition) is 7. The van der Waals surface area contributed by atoms with Crippen LogP contribution < -0.4 is 19.5 Å². The molecule has 31 heavy (non-hydrogen) atoms. The van der Waals surface area contributed by atoms with Crippen molar-refractivity contribution in [2.45, 2.75) is 25.7 Å². The van der Waals surface area contributed by atoms with Gasteiger partial charge in [-0.3, -0.25) is 4.79 Å². The number of Topliss-reactive ketones (excluding diaryl/α,β-unsaturated/α-hetero) is 1. The number of fused-ring (bicyclic) bond motifs is 1. The molecule has 1 aromatic heterocycles. The summed E-state index contributed by atoms with van der Waals surface area (Å²) in [5.74, 6) is 2.13. The highest BCUT2D eigenvalue weighted by atomic mass is 16.5. The van der Waals surface area contributed by atoms with Crippen LogP contribution in [0, 0.1) is 6.92 Å². The fourth-order valence-electron chi connectivity index (χ4n) is 3.93. The molecule has 0 saturated heterocycles. The van der Waals surface area contributed by atoms with Gasteiger partial charge >= 0.3 is 0 Å². The molecule has 4 rings (SSSR count). The fraction of sp³-hybridized carbons (Fsp3) is 0.292. The first kappa shape index (κ1) is 20.7. The highest BCUT2D eigenvalue weighted by Gasteiger charge is 2.29. The largest absolute Gasteiger partial charge is 0.493 e. The fourth-order valence-corrected chi connectivity index (χ4v) is 3.93. The van der Waals surface area contributed by atoms with Crippen LogP contribution in [0.1, 0.15) is 39.5 Å². The lowest BCUT2D eigenvalue weighted by molar-refractivity contribution is 0.0962. The van der Waals surface area contributed by atoms with Gasteiger partial charge in [-0.25, -0.2) is 9.97 Å². The Balaban J connectivity index is 1.65. The third-order valence-electron chi connectivity index (χ3n) is 5.47. The zero-order chi connectivity index (χ0) is 22.0. The maximum absolute atomic E-state index is 12.8. The summed E-state index contributed by atoms with van der Waals surface area (Å²) in [5.41, 5.74) is 4.31. The number of aromatic nitrogens is 2. The molecule has 7 heteroatoms. The van der Waals surface area contributed by atoms with Crippen molar-refractivity contribution >= 4 is 17.4 Å². The summed E-state index contributed by atoms with van der Waals surface area (Å²) in [6.07, 6.45) is 2.61. The Labute approximate surface area is 181 Å². The van der Waals surface area contributed by atoms with E-state index in [0.29, 0.717) is 41.6 Å². The van der Waals surface area contributed by atoms with Crippen LogP contribution in [-0.4, -0.2) is 37.1 Å². The minimum absolute atomic E-state index is 0.0297. The summed E-state index contributed by atoms with van der Waals surface area (Å²) in [6.45, 7) is 2.03. The highest BCUT2D eigenvalue weighted by molar-refractivity contribution is 5.98. The molecule has 7 nitrogen and oxygen atoms in total. The number of benzene rings is 2. The summed E-state index contributed by atoms with van der Waals surface area (Å²) in [4.78, 5) is 21.8. The molecule has 1 atom stereocenters. The third-order valence-corrected chi connectivity index (χ3v) is 5.47. The molecule has 2 aromatic carbocycles. The van der Waals surface area contributed by atoms with Crippen molar-refractivity contribution in [2.24, 2.45) is 0 Å². The van der Waals surface area contributed by atoms with Crippen molar-refractivity contribution in [2.75, 3.05) is 26.6 Å². The second kappa shape index (κ2) is 8.63. The number of methoxy groups -OCH3 is 3. The smallest absolute Gasteiger partial charge is 0.227 e. The van der Waals surface area contributed by atoms with Crippen LogP contribution in [0.15, 0.2) is 42.6 Å². The van der Waals surface area contributed by atoms with Crippen LogP contribution >= 0.6 is 0 Å². The second-order valence-electron chi connectivity index (χ2n) is 7.54. The zero-order valence-electron chi connectivity index (χ0n) is 18.1. The number of aryl methyl sites for hydroxylation is 1. The molecular formula is C24H25N3O4. The van der Waals surface area contributed by atoms with E-state index in [2.05, 4.69) is 15.3 Å². The monoisotopic (exact) mass is 419 g/mol. The number of rotatable bonds is 6. The van der Waals surface area contributed by atoms with Crippen LogP contribution in [0.4, 0.5) is 11.6 Å². The maximum Gasteiger partial charge on any atom is 0.227 e. The van der Waals surface area contributed by atoms with Crippen LogP contribution in [0.2, 0.25) is 0 Å². The van der Waals surface area contributed by atoms with E-state index < -0.39 is 0 Å². The van der Waals surface area contributed by atoms with Gasteiger partial charge in [-0.05, 0) is 54.7 Å². The van der Waals surface area contributed by atoms with Gasteiger partial charge in [0.2, 0.25) is 11.7 Å². The van der Waals surface area contributed by atoms with Crippen LogP contribution in [0.3, 0.4) is 0 Å². The first-order chi connectivity index (χ1) is 15.0. The van der Waals surface area contributed by atoms with E-state index in [0.717, 1.165) is 22.5 Å². The van der Waals surface area contributed by atoms with Crippen LogP contribution in [0.5, 0.6) is 17.2 Å². The lowest BCUT2D eigenvalue weighted by atomic mass is 9.82. The second-order valence-corrected chi connectivity index (χ2v) is 7.54. The standard InChI is InChI=1S/C24H25N3O4/c1-14-6-5-7-17(8-14)26-24-25-13-18-19(27-24)9-15(10-20(18)28)16-11-21(29-2)23(31-4)22(12-16)30-3/h5-8,11-13,15H,9-10H2,1-4H3,(H,25,26,27)/t15-/m1/s1. The number of nitrogens with zero attached hydrogens (tertiary/aromatic N) is 2. The van der Waals surface area contributed by atoms with E-state index in [9.17, 15) is 4.79 Å². The summed E-state index contributed by atoms with van der Waals surface area (Å²) in [5, 5.41) is 3.23. The molecule has 0 bridgehead atoms. The average molecular weight is 419 g/mol. The van der Waals surface area contributed by atoms with Gasteiger partial charge in [-0.2, -0.15) is 0 Å². The Morgan fingerprint density at radius 2 is 1.74 bits per heavy atom. The van der Waals surface area contributed by atoms with Crippen molar-refractivity contribution in [3.8, 4) is 17.2 Å². The summed E-state index contributed by atoms with van der Waals surface area (Å²) in [6, 6.07) is 11.8. The van der Waals surface area contributed by atoms with E-state index in [4.69, 9.17) is 14.2 Å². The minimum Gasteiger partial charge on any atom is -0.493 e. The van der Waals surface area contributed by atoms with E-state index >= 15 is 0 Å². The lowest BCUT2D eigenvalue weighted by Gasteiger charge is -2.25. The summed E-state index contributed by atoms with van der Waals surface area (Å²) < 4.78 is 16.4. The summed E-state index contributed by atoms with van der Waals surface area (Å²) in [7, 11) is 4.73. The Hall–Kier alpha value is -3.61. The highest BCUT2D eigenvalue weighted by Crippen LogP contribution is 2.42. The lowest BCUT2D eigenvalue weighted by Crippen LogP contribution is -2.21. The van der Waals surface area contributed by atoms with Crippen LogP contribution in [-0.2, 0) is 6.42 Å². The molecule has 0 amide bonds. The molecule has 1 aliphatic rings. The number of ether oxygens (including phenoxy) is 3. The van der Waals surface area contributed by atoms with Crippen molar-refractivity contribution < 1.29 is 19.0 Å². The number of carbonyl (C=O) groups is 1. The minimum atomic E-state index is -0.0459. The van der Waals surface area contributed by atoms with Crippen molar-refractivity contribution in [1.82, 2.24) is 9.97 Å². The number of hydrogen-bond donors (Lipinski definition) is 1. The van der Waals surface area contributed by atoms with Crippen molar-refractivity contribution in [3.05, 3.63) is 65.0 Å². The quantitative estimate of drug-likeness (QED) is 0.631. The van der Waals surface area contributed by atoms with Crippen molar-refractivity contribution in [3.63, 3.8) is 0 Å². The van der Waals surface area contributed by atoms with Gasteiger partial charge < -0.3 is 19.5 Å². The topological polar surface area (TPSA) is 82.6 Å². The van der Waals surface area contributed by atoms with E-state index in [-0.39, 0.29) is 11.7 Å². The first-order valence-electron chi connectivity index (χ1n) is 10.0. The zero-order valence-corrected chi connectivity index (χ0v) is 18.1. The van der Waals surface area contributed by atoms with Gasteiger partial charge in [0.05, 0.1) is 32.6 Å². The maximum atomic E-state index is 12.8. The number of ketones is 1. The Morgan fingerprint density at radius 1 is 1.00 bits per heavy atom. The molecule has 0 saturated carbocycles. The van der Waals surface area contributed by atoms with Gasteiger partial charge in [0.1, 0.15) is 0 Å². The predicted molar refractivity (Wildman–Crippen MR) is 118 cm³/mol. The first-order valence-corrected chi connectivity index (χ1v) is 10.0. The normalized spacial score (nSPS) is 15.2. The average Bonchev–Trinajstić information content (AvgIpc) is 2.77. The van der Waals surface area contributed by atoms with Crippen LogP contribution in [0.25, 0.3) is 0 Å². The predicted octanol–water partition coefficient (Wildman–Crippen LogP) is 4.47. The van der Waals surface area contributed by atoms with Gasteiger partial charge in [-0.15, -0.1) is 0 Å². The van der Waals surface area contributed by atoms with E-state index in [1.807, 2.05) is 43.3 Å². The molecule has 3 aromatic rings. The molecule has 160 valence electrons. The number of nitrogens with one attached hydrogen (secondary N) is 1. The number of carbonyl (C=O) groups excluding carboxylic acids is 1. The van der Waals surface area contributed by atoms with E-state index in [1.165, 1.54) is 0 Å². The molecule has 1 heterocycles. The molecular weight excluding hydrogens is 394 g/mol. The molecule has 0 spiro atoms. The molecule has 0 aliphatic heterocycles. The van der Waals surface area contributed by atoms with Gasteiger partial charge in [0, 0.05) is 18.3 Å². The third kappa shape index (κ3) is 4.17. The SMILES string of the molecule is COc1cc([C@H]2CC(=O)c3cnc(Nc4cccc(C)c4)nc3C2)cc(OC)c1OC. The Kier molecular flexibility index (Phi) is 5.75. The van der Waals surface area contributed by atoms with Gasteiger partial charge in [0.15, 0.2) is 17.3 Å². The number of anilines is 2. The van der Waals surface area contributed by atoms with Crippen molar-refractivity contribution in [1.29, 1.82) is 0 Å². The molecule has 0 radical (unpaired) electrons.